The van der Waals surface area contributed by atoms with Gasteiger partial charge in [0.15, 0.2) is 5.52 Å². The van der Waals surface area contributed by atoms with Crippen LogP contribution >= 0.6 is 0 Å². The zero-order chi connectivity index (χ0) is 23.8. The van der Waals surface area contributed by atoms with Crippen LogP contribution in [-0.2, 0) is 13.1 Å². The van der Waals surface area contributed by atoms with E-state index in [1.165, 1.54) is 10.9 Å². The summed E-state index contributed by atoms with van der Waals surface area (Å²) >= 11 is 0. The lowest BCUT2D eigenvalue weighted by molar-refractivity contribution is -0.623. The highest BCUT2D eigenvalue weighted by molar-refractivity contribution is 5.89. The van der Waals surface area contributed by atoms with E-state index in [1.807, 2.05) is 35.8 Å². The first kappa shape index (κ1) is 21.9. The standard InChI is InChI=1S/C24H26N8O2/c1-3-31-22-21(18(13-25)23(31)29-11-6-9-26-10-12-29)27-15-30(24(22)33)14-20-28-19-8-5-4-7-17(19)16(2)32(20)34/h4-5,7-8,15,26H,3,6,9-12,14H2,1-2H3. The van der Waals surface area contributed by atoms with Gasteiger partial charge in [-0.2, -0.15) is 5.26 Å². The average molecular weight is 459 g/mol. The Bertz CT molecular complexity index is 1490. The van der Waals surface area contributed by atoms with E-state index in [9.17, 15) is 15.3 Å². The minimum Gasteiger partial charge on any atom is -0.710 e. The monoisotopic (exact) mass is 458 g/mol. The minimum absolute atomic E-state index is 0.0172. The van der Waals surface area contributed by atoms with Gasteiger partial charge in [0.1, 0.15) is 40.7 Å². The summed E-state index contributed by atoms with van der Waals surface area (Å²) in [7, 11) is 0. The Hall–Kier alpha value is -3.97. The predicted octanol–water partition coefficient (Wildman–Crippen LogP) is 1.43. The molecule has 0 radical (unpaired) electrons. The molecule has 10 heteroatoms. The van der Waals surface area contributed by atoms with E-state index >= 15 is 0 Å². The number of fused-ring (bicyclic) bond motifs is 2. The highest BCUT2D eigenvalue weighted by atomic mass is 16.5. The van der Waals surface area contributed by atoms with Crippen LogP contribution in [-0.4, -0.2) is 45.3 Å². The van der Waals surface area contributed by atoms with Crippen molar-refractivity contribution in [1.29, 1.82) is 5.26 Å². The molecule has 5 rings (SSSR count). The van der Waals surface area contributed by atoms with Crippen LogP contribution in [0.25, 0.3) is 21.9 Å². The van der Waals surface area contributed by atoms with Gasteiger partial charge in [0, 0.05) is 26.2 Å². The Morgan fingerprint density at radius 3 is 2.88 bits per heavy atom. The lowest BCUT2D eigenvalue weighted by Crippen LogP contribution is -2.39. The summed E-state index contributed by atoms with van der Waals surface area (Å²) in [6, 6.07) is 9.72. The molecule has 0 bridgehead atoms. The van der Waals surface area contributed by atoms with Crippen molar-refractivity contribution in [3.63, 3.8) is 0 Å². The van der Waals surface area contributed by atoms with E-state index in [0.29, 0.717) is 34.4 Å². The predicted molar refractivity (Wildman–Crippen MR) is 129 cm³/mol. The van der Waals surface area contributed by atoms with Gasteiger partial charge in [0.25, 0.3) is 5.56 Å². The molecule has 10 nitrogen and oxygen atoms in total. The van der Waals surface area contributed by atoms with Crippen molar-refractivity contribution < 1.29 is 4.73 Å². The minimum atomic E-state index is -0.296. The number of aryl methyl sites for hydroxylation is 2. The van der Waals surface area contributed by atoms with E-state index in [0.717, 1.165) is 48.5 Å². The fraction of sp³-hybridized carbons (Fsp3) is 0.375. The molecule has 0 aliphatic carbocycles. The maximum atomic E-state index is 13.6. The number of para-hydroxylation sites is 1. The van der Waals surface area contributed by atoms with E-state index in [4.69, 9.17) is 0 Å². The molecule has 0 saturated carbocycles. The van der Waals surface area contributed by atoms with Crippen molar-refractivity contribution in [1.82, 2.24) is 24.4 Å². The number of benzene rings is 1. The third-order valence-corrected chi connectivity index (χ3v) is 6.46. The molecular weight excluding hydrogens is 432 g/mol. The second kappa shape index (κ2) is 8.76. The third kappa shape index (κ3) is 3.45. The van der Waals surface area contributed by atoms with E-state index in [2.05, 4.69) is 26.3 Å². The van der Waals surface area contributed by atoms with Gasteiger partial charge in [-0.25, -0.2) is 9.71 Å². The number of rotatable bonds is 4. The van der Waals surface area contributed by atoms with E-state index < -0.39 is 0 Å². The molecule has 0 atom stereocenters. The molecular formula is C24H26N8O2. The van der Waals surface area contributed by atoms with Gasteiger partial charge in [-0.05, 0) is 43.9 Å². The Morgan fingerprint density at radius 1 is 1.26 bits per heavy atom. The first-order valence-electron chi connectivity index (χ1n) is 11.5. The summed E-state index contributed by atoms with van der Waals surface area (Å²) in [5, 5.41) is 27.0. The molecule has 1 aromatic carbocycles. The Labute approximate surface area is 196 Å². The summed E-state index contributed by atoms with van der Waals surface area (Å²) < 4.78 is 4.05. The third-order valence-electron chi connectivity index (χ3n) is 6.46. The van der Waals surface area contributed by atoms with E-state index in [1.54, 1.807) is 6.92 Å². The van der Waals surface area contributed by atoms with Crippen LogP contribution in [0, 0.1) is 23.5 Å². The van der Waals surface area contributed by atoms with Crippen molar-refractivity contribution in [2.75, 3.05) is 31.1 Å². The summed E-state index contributed by atoms with van der Waals surface area (Å²) in [6.45, 7) is 7.47. The second-order valence-electron chi connectivity index (χ2n) is 8.45. The van der Waals surface area contributed by atoms with Gasteiger partial charge in [-0.15, -0.1) is 0 Å². The molecule has 4 heterocycles. The number of aromatic nitrogens is 5. The summed E-state index contributed by atoms with van der Waals surface area (Å²) in [6.07, 6.45) is 2.36. The first-order valence-corrected chi connectivity index (χ1v) is 11.5. The number of hydrogen-bond acceptors (Lipinski definition) is 7. The molecule has 0 unspecified atom stereocenters. The lowest BCUT2D eigenvalue weighted by Gasteiger charge is -2.24. The van der Waals surface area contributed by atoms with Crippen molar-refractivity contribution in [2.45, 2.75) is 33.4 Å². The molecule has 1 saturated heterocycles. The molecule has 1 aliphatic rings. The van der Waals surface area contributed by atoms with Crippen molar-refractivity contribution in [2.24, 2.45) is 0 Å². The quantitative estimate of drug-likeness (QED) is 0.363. The van der Waals surface area contributed by atoms with Gasteiger partial charge in [-0.3, -0.25) is 9.36 Å². The van der Waals surface area contributed by atoms with Gasteiger partial charge in [-0.1, -0.05) is 12.1 Å². The van der Waals surface area contributed by atoms with Crippen molar-refractivity contribution in [3.05, 3.63) is 63.2 Å². The fourth-order valence-corrected chi connectivity index (χ4v) is 4.78. The zero-order valence-corrected chi connectivity index (χ0v) is 19.3. The molecule has 174 valence electrons. The molecule has 1 N–H and O–H groups in total. The molecule has 0 amide bonds. The largest absolute Gasteiger partial charge is 0.710 e. The van der Waals surface area contributed by atoms with Crippen LogP contribution in [0.4, 0.5) is 5.82 Å². The summed E-state index contributed by atoms with van der Waals surface area (Å²) in [5.74, 6) is 0.956. The normalized spacial score (nSPS) is 14.4. The highest BCUT2D eigenvalue weighted by Gasteiger charge is 2.26. The van der Waals surface area contributed by atoms with Crippen LogP contribution in [0.1, 0.15) is 30.4 Å². The van der Waals surface area contributed by atoms with Crippen molar-refractivity contribution in [3.8, 4) is 6.07 Å². The van der Waals surface area contributed by atoms with Gasteiger partial charge in [0.2, 0.25) is 0 Å². The average Bonchev–Trinajstić information content (AvgIpc) is 2.97. The molecule has 1 aliphatic heterocycles. The topological polar surface area (TPSA) is 119 Å². The van der Waals surface area contributed by atoms with Crippen LogP contribution in [0.2, 0.25) is 0 Å². The molecule has 0 spiro atoms. The number of anilines is 1. The SMILES string of the molecule is CCn1c(N2CCCNCC2)c(C#N)c2ncn(Cc3nc4ccccc4c(C)[n+]3[O-])c(=O)c21. The molecule has 1 fully saturated rings. The van der Waals surface area contributed by atoms with Gasteiger partial charge < -0.3 is 20.0 Å². The Balaban J connectivity index is 1.66. The Morgan fingerprint density at radius 2 is 2.09 bits per heavy atom. The summed E-state index contributed by atoms with van der Waals surface area (Å²) in [4.78, 5) is 24.8. The lowest BCUT2D eigenvalue weighted by atomic mass is 10.2. The first-order chi connectivity index (χ1) is 16.5. The van der Waals surface area contributed by atoms with Crippen molar-refractivity contribution >= 4 is 27.8 Å². The maximum Gasteiger partial charge on any atom is 0.322 e. The highest BCUT2D eigenvalue weighted by Crippen LogP contribution is 2.30. The number of nitrogens with one attached hydrogen (secondary N) is 1. The van der Waals surface area contributed by atoms with Crippen LogP contribution in [0.3, 0.4) is 0 Å². The van der Waals surface area contributed by atoms with Gasteiger partial charge in [0.05, 0.1) is 11.7 Å². The zero-order valence-electron chi connectivity index (χ0n) is 19.3. The number of hydrogen-bond donors (Lipinski definition) is 1. The smallest absolute Gasteiger partial charge is 0.322 e. The van der Waals surface area contributed by atoms with E-state index in [-0.39, 0.29) is 17.9 Å². The number of nitrogens with zero attached hydrogens (tertiary/aromatic N) is 7. The molecule has 3 aromatic heterocycles. The number of nitriles is 1. The van der Waals surface area contributed by atoms with Crippen LogP contribution in [0.5, 0.6) is 0 Å². The van der Waals surface area contributed by atoms with Gasteiger partial charge >= 0.3 is 5.82 Å². The van der Waals surface area contributed by atoms with Crippen LogP contribution < -0.4 is 20.5 Å². The Kier molecular flexibility index (Phi) is 5.63. The maximum absolute atomic E-state index is 13.6. The second-order valence-corrected chi connectivity index (χ2v) is 8.45. The molecule has 34 heavy (non-hydrogen) atoms. The fourth-order valence-electron chi connectivity index (χ4n) is 4.78. The summed E-state index contributed by atoms with van der Waals surface area (Å²) in [5.41, 5.74) is 2.13. The van der Waals surface area contributed by atoms with Crippen LogP contribution in [0.15, 0.2) is 35.4 Å². The molecule has 4 aromatic rings.